The lowest BCUT2D eigenvalue weighted by Crippen LogP contribution is -2.47. The zero-order valence-electron chi connectivity index (χ0n) is 24.4. The van der Waals surface area contributed by atoms with Crippen LogP contribution in [0.4, 0.5) is 5.69 Å². The van der Waals surface area contributed by atoms with Crippen LogP contribution in [0.25, 0.3) is 10.8 Å². The minimum atomic E-state index is -1.06. The summed E-state index contributed by atoms with van der Waals surface area (Å²) in [4.78, 5) is 42.6. The first kappa shape index (κ1) is 29.9. The maximum atomic E-state index is 14.3. The molecule has 2 amide bonds. The number of halogens is 1. The van der Waals surface area contributed by atoms with Crippen LogP contribution in [0.15, 0.2) is 54.6 Å². The molecule has 9 heteroatoms. The van der Waals surface area contributed by atoms with Gasteiger partial charge in [-0.2, -0.15) is 0 Å². The predicted octanol–water partition coefficient (Wildman–Crippen LogP) is 6.08. The fourth-order valence-electron chi connectivity index (χ4n) is 5.95. The largest absolute Gasteiger partial charge is 0.496 e. The number of carboxylic acids is 1. The number of carbonyl (C=O) groups excluding carboxylic acids is 2. The minimum absolute atomic E-state index is 0.149. The van der Waals surface area contributed by atoms with Crippen molar-refractivity contribution in [2.45, 2.75) is 52.2 Å². The molecule has 2 aliphatic rings. The van der Waals surface area contributed by atoms with Crippen LogP contribution in [-0.2, 0) is 19.1 Å². The van der Waals surface area contributed by atoms with Crippen LogP contribution >= 0.6 is 11.6 Å². The number of carbonyl (C=O) groups is 3. The first-order valence-corrected chi connectivity index (χ1v) is 14.7. The average Bonchev–Trinajstić information content (AvgIpc) is 3.06. The smallest absolute Gasteiger partial charge is 0.306 e. The van der Waals surface area contributed by atoms with Crippen molar-refractivity contribution in [1.82, 2.24) is 4.90 Å². The SMILES string of the molecule is COc1ccc([C@@H]2O[C@@H](CC(=O)N3CCC(C(=O)O)CC3)C(=O)N(CC(C)(C)C)c3ccc(Cl)cc32)c2ccccc12. The second-order valence-electron chi connectivity index (χ2n) is 12.3. The van der Waals surface area contributed by atoms with Crippen LogP contribution in [0.1, 0.15) is 57.3 Å². The van der Waals surface area contributed by atoms with Gasteiger partial charge in [-0.15, -0.1) is 0 Å². The Morgan fingerprint density at radius 3 is 2.36 bits per heavy atom. The zero-order chi connectivity index (χ0) is 30.2. The summed E-state index contributed by atoms with van der Waals surface area (Å²) in [7, 11) is 1.63. The summed E-state index contributed by atoms with van der Waals surface area (Å²) in [6, 6.07) is 17.1. The number of hydrogen-bond donors (Lipinski definition) is 1. The van der Waals surface area contributed by atoms with Crippen molar-refractivity contribution in [3.05, 3.63) is 70.7 Å². The van der Waals surface area contributed by atoms with Crippen molar-refractivity contribution in [3.63, 3.8) is 0 Å². The van der Waals surface area contributed by atoms with Gasteiger partial charge in [0, 0.05) is 41.3 Å². The molecule has 0 radical (unpaired) electrons. The molecule has 5 rings (SSSR count). The summed E-state index contributed by atoms with van der Waals surface area (Å²) in [6.45, 7) is 7.26. The van der Waals surface area contributed by atoms with Crippen LogP contribution in [0.2, 0.25) is 5.02 Å². The summed E-state index contributed by atoms with van der Waals surface area (Å²) >= 11 is 6.54. The van der Waals surface area contributed by atoms with Gasteiger partial charge < -0.3 is 24.4 Å². The summed E-state index contributed by atoms with van der Waals surface area (Å²) in [5.74, 6) is -1.10. The van der Waals surface area contributed by atoms with Crippen molar-refractivity contribution in [2.24, 2.45) is 11.3 Å². The van der Waals surface area contributed by atoms with Crippen LogP contribution in [-0.4, -0.2) is 60.6 Å². The maximum Gasteiger partial charge on any atom is 0.306 e. The van der Waals surface area contributed by atoms with E-state index in [2.05, 4.69) is 20.8 Å². The predicted molar refractivity (Wildman–Crippen MR) is 162 cm³/mol. The highest BCUT2D eigenvalue weighted by Gasteiger charge is 2.40. The van der Waals surface area contributed by atoms with Crippen molar-refractivity contribution < 1.29 is 29.0 Å². The van der Waals surface area contributed by atoms with Crippen LogP contribution < -0.4 is 9.64 Å². The number of benzene rings is 3. The van der Waals surface area contributed by atoms with Crippen LogP contribution in [0.3, 0.4) is 0 Å². The van der Waals surface area contributed by atoms with Gasteiger partial charge in [0.05, 0.1) is 19.4 Å². The third-order valence-corrected chi connectivity index (χ3v) is 8.25. The first-order valence-electron chi connectivity index (χ1n) is 14.3. The normalized spacial score (nSPS) is 19.9. The summed E-state index contributed by atoms with van der Waals surface area (Å²) in [5, 5.41) is 11.7. The monoisotopic (exact) mass is 592 g/mol. The van der Waals surface area contributed by atoms with Gasteiger partial charge in [0.2, 0.25) is 5.91 Å². The Bertz CT molecular complexity index is 1510. The first-order chi connectivity index (χ1) is 20.0. The highest BCUT2D eigenvalue weighted by molar-refractivity contribution is 6.30. The summed E-state index contributed by atoms with van der Waals surface area (Å²) < 4.78 is 12.3. The molecule has 2 aliphatic heterocycles. The van der Waals surface area contributed by atoms with Gasteiger partial charge in [0.25, 0.3) is 5.91 Å². The Hall–Kier alpha value is -3.62. The van der Waals surface area contributed by atoms with E-state index in [0.717, 1.165) is 27.6 Å². The van der Waals surface area contributed by atoms with Gasteiger partial charge in [0.1, 0.15) is 18.0 Å². The molecule has 8 nitrogen and oxygen atoms in total. The molecule has 3 aromatic carbocycles. The zero-order valence-corrected chi connectivity index (χ0v) is 25.2. The molecule has 0 aliphatic carbocycles. The lowest BCUT2D eigenvalue weighted by atomic mass is 9.92. The molecule has 2 atom stereocenters. The Kier molecular flexibility index (Phi) is 8.49. The highest BCUT2D eigenvalue weighted by atomic mass is 35.5. The van der Waals surface area contributed by atoms with E-state index < -0.39 is 24.1 Å². The Labute approximate surface area is 251 Å². The van der Waals surface area contributed by atoms with Crippen molar-refractivity contribution >= 4 is 45.8 Å². The lowest BCUT2D eigenvalue weighted by Gasteiger charge is -2.33. The Balaban J connectivity index is 1.59. The number of fused-ring (bicyclic) bond motifs is 2. The number of nitrogens with zero attached hydrogens (tertiary/aromatic N) is 2. The molecule has 1 fully saturated rings. The van der Waals surface area contributed by atoms with E-state index in [-0.39, 0.29) is 23.7 Å². The average molecular weight is 593 g/mol. The molecule has 0 aromatic heterocycles. The molecule has 2 heterocycles. The van der Waals surface area contributed by atoms with E-state index in [9.17, 15) is 19.5 Å². The fourth-order valence-corrected chi connectivity index (χ4v) is 6.13. The van der Waals surface area contributed by atoms with Gasteiger partial charge in [-0.3, -0.25) is 14.4 Å². The number of hydrogen-bond acceptors (Lipinski definition) is 5. The Morgan fingerprint density at radius 1 is 1.02 bits per heavy atom. The van der Waals surface area contributed by atoms with Gasteiger partial charge in [0.15, 0.2) is 0 Å². The number of rotatable bonds is 6. The number of aliphatic carboxylic acids is 1. The number of anilines is 1. The van der Waals surface area contributed by atoms with Crippen molar-refractivity contribution in [3.8, 4) is 5.75 Å². The van der Waals surface area contributed by atoms with Crippen molar-refractivity contribution in [1.29, 1.82) is 0 Å². The lowest BCUT2D eigenvalue weighted by molar-refractivity contribution is -0.148. The van der Waals surface area contributed by atoms with Gasteiger partial charge in [-0.25, -0.2) is 0 Å². The van der Waals surface area contributed by atoms with Gasteiger partial charge in [-0.1, -0.05) is 62.7 Å². The number of likely N-dealkylation sites (tertiary alicyclic amines) is 1. The van der Waals surface area contributed by atoms with Crippen molar-refractivity contribution in [2.75, 3.05) is 31.6 Å². The van der Waals surface area contributed by atoms with Gasteiger partial charge in [-0.05, 0) is 53.5 Å². The fraction of sp³-hybridized carbons (Fsp3) is 0.424. The summed E-state index contributed by atoms with van der Waals surface area (Å²) in [6.07, 6.45) is -1.13. The number of carboxylic acid groups (broad SMARTS) is 1. The molecule has 42 heavy (non-hydrogen) atoms. The third-order valence-electron chi connectivity index (χ3n) is 8.01. The molecule has 0 saturated carbocycles. The van der Waals surface area contributed by atoms with E-state index in [0.29, 0.717) is 43.2 Å². The topological polar surface area (TPSA) is 96.4 Å². The number of methoxy groups -OCH3 is 1. The maximum absolute atomic E-state index is 14.3. The minimum Gasteiger partial charge on any atom is -0.496 e. The van der Waals surface area contributed by atoms with E-state index >= 15 is 0 Å². The number of piperidine rings is 1. The Morgan fingerprint density at radius 2 is 1.71 bits per heavy atom. The summed E-state index contributed by atoms with van der Waals surface area (Å²) in [5.41, 5.74) is 2.03. The molecule has 222 valence electrons. The second-order valence-corrected chi connectivity index (χ2v) is 12.7. The molecule has 0 spiro atoms. The number of ether oxygens (including phenoxy) is 2. The quantitative estimate of drug-likeness (QED) is 0.372. The second kappa shape index (κ2) is 11.9. The standard InChI is InChI=1S/C33H37ClN2O6/c1-33(2,3)19-36-26-11-9-21(34)17-25(26)30(24-10-12-27(41-4)23-8-6-5-7-22(23)24)42-28(31(36)38)18-29(37)35-15-13-20(14-16-35)32(39)40/h5-12,17,20,28,30H,13-16,18-19H2,1-4H3,(H,39,40)/t28-,30-/m0/s1. The van der Waals surface area contributed by atoms with E-state index in [1.54, 1.807) is 23.0 Å². The molecular formula is C33H37ClN2O6. The highest BCUT2D eigenvalue weighted by Crippen LogP contribution is 2.44. The van der Waals surface area contributed by atoms with E-state index in [4.69, 9.17) is 21.1 Å². The molecule has 1 saturated heterocycles. The van der Waals surface area contributed by atoms with E-state index in [1.165, 1.54) is 0 Å². The van der Waals surface area contributed by atoms with Crippen LogP contribution in [0, 0.1) is 11.3 Å². The molecular weight excluding hydrogens is 556 g/mol. The van der Waals surface area contributed by atoms with Crippen LogP contribution in [0.5, 0.6) is 5.75 Å². The number of amides is 2. The molecule has 1 N–H and O–H groups in total. The molecule has 3 aromatic rings. The third kappa shape index (κ3) is 6.10. The molecule has 0 bridgehead atoms. The van der Waals surface area contributed by atoms with Gasteiger partial charge >= 0.3 is 5.97 Å². The van der Waals surface area contributed by atoms with E-state index in [1.807, 2.05) is 48.5 Å². The molecule has 0 unspecified atom stereocenters.